The Kier molecular flexibility index (Phi) is 5.38. The molecule has 0 unspecified atom stereocenters. The summed E-state index contributed by atoms with van der Waals surface area (Å²) in [6, 6.07) is 13.0. The van der Waals surface area contributed by atoms with Crippen LogP contribution in [-0.2, 0) is 9.53 Å². The van der Waals surface area contributed by atoms with Gasteiger partial charge in [0.05, 0.1) is 23.4 Å². The lowest BCUT2D eigenvalue weighted by Gasteiger charge is -2.07. The van der Waals surface area contributed by atoms with Crippen molar-refractivity contribution in [1.29, 1.82) is 0 Å². The number of methoxy groups -OCH3 is 1. The number of amides is 1. The fraction of sp³-hybridized carbons (Fsp3) is 0.0588. The molecular weight excluding hydrogens is 318 g/mol. The summed E-state index contributed by atoms with van der Waals surface area (Å²) >= 11 is 5.99. The molecule has 6 heteroatoms. The van der Waals surface area contributed by atoms with Crippen LogP contribution in [0.2, 0.25) is 5.02 Å². The van der Waals surface area contributed by atoms with Gasteiger partial charge in [-0.3, -0.25) is 4.79 Å². The number of halogens is 1. The molecule has 2 aromatic carbocycles. The number of benzene rings is 2. The lowest BCUT2D eigenvalue weighted by atomic mass is 10.1. The average Bonchev–Trinajstić information content (AvgIpc) is 2.56. The SMILES string of the molecule is COC(=O)c1ccc(Cl)c(NC(=O)/C=C(/O)c2ccccc2)c1. The Morgan fingerprint density at radius 3 is 2.48 bits per heavy atom. The van der Waals surface area contributed by atoms with Gasteiger partial charge in [-0.25, -0.2) is 4.79 Å². The molecule has 0 spiro atoms. The van der Waals surface area contributed by atoms with Crippen molar-refractivity contribution >= 4 is 34.9 Å². The highest BCUT2D eigenvalue weighted by Crippen LogP contribution is 2.23. The number of carbonyl (C=O) groups excluding carboxylic acids is 2. The lowest BCUT2D eigenvalue weighted by molar-refractivity contribution is -0.111. The first kappa shape index (κ1) is 16.6. The van der Waals surface area contributed by atoms with Gasteiger partial charge in [-0.15, -0.1) is 0 Å². The molecule has 0 fully saturated rings. The number of anilines is 1. The molecule has 2 aromatic rings. The molecule has 0 radical (unpaired) electrons. The predicted molar refractivity (Wildman–Crippen MR) is 88.5 cm³/mol. The monoisotopic (exact) mass is 331 g/mol. The van der Waals surface area contributed by atoms with E-state index in [1.807, 2.05) is 0 Å². The molecule has 0 aromatic heterocycles. The second-order valence-corrected chi connectivity index (χ2v) is 4.98. The molecule has 0 saturated heterocycles. The smallest absolute Gasteiger partial charge is 0.337 e. The molecule has 0 saturated carbocycles. The van der Waals surface area contributed by atoms with Crippen molar-refractivity contribution in [1.82, 2.24) is 0 Å². The minimum Gasteiger partial charge on any atom is -0.507 e. The minimum atomic E-state index is -0.574. The first-order chi connectivity index (χ1) is 11.0. The number of esters is 1. The number of hydrogen-bond donors (Lipinski definition) is 2. The maximum Gasteiger partial charge on any atom is 0.337 e. The fourth-order valence-electron chi connectivity index (χ4n) is 1.85. The van der Waals surface area contributed by atoms with Crippen molar-refractivity contribution in [2.45, 2.75) is 0 Å². The van der Waals surface area contributed by atoms with E-state index in [-0.39, 0.29) is 22.0 Å². The molecular formula is C17H14ClNO4. The molecule has 2 N–H and O–H groups in total. The van der Waals surface area contributed by atoms with Crippen molar-refractivity contribution in [2.75, 3.05) is 12.4 Å². The first-order valence-electron chi connectivity index (χ1n) is 6.66. The number of ether oxygens (including phenoxy) is 1. The quantitative estimate of drug-likeness (QED) is 0.509. The zero-order chi connectivity index (χ0) is 16.8. The summed E-state index contributed by atoms with van der Waals surface area (Å²) in [6.45, 7) is 0. The van der Waals surface area contributed by atoms with Crippen LogP contribution in [0, 0.1) is 0 Å². The molecule has 0 heterocycles. The van der Waals surface area contributed by atoms with Crippen molar-refractivity contribution < 1.29 is 19.4 Å². The molecule has 0 atom stereocenters. The normalized spacial score (nSPS) is 11.0. The van der Waals surface area contributed by atoms with Gasteiger partial charge < -0.3 is 15.2 Å². The minimum absolute atomic E-state index is 0.177. The Morgan fingerprint density at radius 2 is 1.83 bits per heavy atom. The standard InChI is InChI=1S/C17H14ClNO4/c1-23-17(22)12-7-8-13(18)14(9-12)19-16(21)10-15(20)11-5-3-2-4-6-11/h2-10,20H,1H3,(H,19,21)/b15-10+. The molecule has 118 valence electrons. The van der Waals surface area contributed by atoms with E-state index in [0.717, 1.165) is 6.08 Å². The second kappa shape index (κ2) is 7.47. The lowest BCUT2D eigenvalue weighted by Crippen LogP contribution is -2.10. The molecule has 1 amide bonds. The first-order valence-corrected chi connectivity index (χ1v) is 7.04. The summed E-state index contributed by atoms with van der Waals surface area (Å²) in [7, 11) is 1.26. The van der Waals surface area contributed by atoms with Gasteiger partial charge in [0.15, 0.2) is 0 Å². The van der Waals surface area contributed by atoms with E-state index < -0.39 is 11.9 Å². The van der Waals surface area contributed by atoms with E-state index in [0.29, 0.717) is 5.56 Å². The Labute approximate surface area is 138 Å². The highest BCUT2D eigenvalue weighted by atomic mass is 35.5. The molecule has 5 nitrogen and oxygen atoms in total. The molecule has 0 bridgehead atoms. The van der Waals surface area contributed by atoms with Gasteiger partial charge in [0.25, 0.3) is 5.91 Å². The Bertz CT molecular complexity index is 756. The van der Waals surface area contributed by atoms with Crippen LogP contribution < -0.4 is 5.32 Å². The largest absolute Gasteiger partial charge is 0.507 e. The van der Waals surface area contributed by atoms with Crippen molar-refractivity contribution in [3.63, 3.8) is 0 Å². The number of aliphatic hydroxyl groups is 1. The predicted octanol–water partition coefficient (Wildman–Crippen LogP) is 3.66. The average molecular weight is 332 g/mol. The summed E-state index contributed by atoms with van der Waals surface area (Å²) in [5.74, 6) is -1.29. The van der Waals surface area contributed by atoms with Gasteiger partial charge in [-0.05, 0) is 18.2 Å². The van der Waals surface area contributed by atoms with E-state index in [4.69, 9.17) is 11.6 Å². The van der Waals surface area contributed by atoms with E-state index in [9.17, 15) is 14.7 Å². The Balaban J connectivity index is 2.18. The number of carbonyl (C=O) groups is 2. The van der Waals surface area contributed by atoms with Crippen LogP contribution in [0.25, 0.3) is 5.76 Å². The van der Waals surface area contributed by atoms with Crippen LogP contribution >= 0.6 is 11.6 Å². The zero-order valence-electron chi connectivity index (χ0n) is 12.2. The van der Waals surface area contributed by atoms with Gasteiger partial charge in [-0.1, -0.05) is 41.9 Å². The highest BCUT2D eigenvalue weighted by Gasteiger charge is 2.11. The summed E-state index contributed by atoms with van der Waals surface area (Å²) < 4.78 is 4.61. The Morgan fingerprint density at radius 1 is 1.13 bits per heavy atom. The summed E-state index contributed by atoms with van der Waals surface area (Å²) in [6.07, 6.45) is 1.04. The number of nitrogens with one attached hydrogen (secondary N) is 1. The van der Waals surface area contributed by atoms with Crippen LogP contribution in [0.3, 0.4) is 0 Å². The van der Waals surface area contributed by atoms with Crippen LogP contribution in [0.4, 0.5) is 5.69 Å². The third-order valence-corrected chi connectivity index (χ3v) is 3.31. The fourth-order valence-corrected chi connectivity index (χ4v) is 2.02. The molecule has 23 heavy (non-hydrogen) atoms. The molecule has 0 aliphatic heterocycles. The number of rotatable bonds is 4. The van der Waals surface area contributed by atoms with Crippen LogP contribution in [0.5, 0.6) is 0 Å². The van der Waals surface area contributed by atoms with Crippen molar-refractivity contribution in [2.24, 2.45) is 0 Å². The summed E-state index contributed by atoms with van der Waals surface area (Å²) in [5, 5.41) is 12.7. The summed E-state index contributed by atoms with van der Waals surface area (Å²) in [5.41, 5.74) is 1.01. The van der Waals surface area contributed by atoms with E-state index >= 15 is 0 Å². The van der Waals surface area contributed by atoms with Gasteiger partial charge in [0.2, 0.25) is 0 Å². The topological polar surface area (TPSA) is 75.6 Å². The van der Waals surface area contributed by atoms with E-state index in [1.165, 1.54) is 25.3 Å². The van der Waals surface area contributed by atoms with Gasteiger partial charge >= 0.3 is 5.97 Å². The third-order valence-electron chi connectivity index (χ3n) is 2.98. The summed E-state index contributed by atoms with van der Waals surface area (Å²) in [4.78, 5) is 23.5. The third kappa shape index (κ3) is 4.34. The van der Waals surface area contributed by atoms with Crippen molar-refractivity contribution in [3.8, 4) is 0 Å². The molecule has 0 aliphatic carbocycles. The maximum atomic E-state index is 12.0. The van der Waals surface area contributed by atoms with Crippen LogP contribution in [0.1, 0.15) is 15.9 Å². The van der Waals surface area contributed by atoms with E-state index in [2.05, 4.69) is 10.1 Å². The maximum absolute atomic E-state index is 12.0. The Hall–Kier alpha value is -2.79. The second-order valence-electron chi connectivity index (χ2n) is 4.57. The molecule has 0 aliphatic rings. The number of hydrogen-bond acceptors (Lipinski definition) is 4. The van der Waals surface area contributed by atoms with Gasteiger partial charge in [0, 0.05) is 11.6 Å². The van der Waals surface area contributed by atoms with Crippen LogP contribution in [-0.4, -0.2) is 24.1 Å². The van der Waals surface area contributed by atoms with Gasteiger partial charge in [-0.2, -0.15) is 0 Å². The number of aliphatic hydroxyl groups excluding tert-OH is 1. The van der Waals surface area contributed by atoms with Crippen molar-refractivity contribution in [3.05, 3.63) is 70.8 Å². The van der Waals surface area contributed by atoms with E-state index in [1.54, 1.807) is 30.3 Å². The highest BCUT2D eigenvalue weighted by molar-refractivity contribution is 6.34. The van der Waals surface area contributed by atoms with Crippen LogP contribution in [0.15, 0.2) is 54.6 Å². The molecule has 2 rings (SSSR count). The zero-order valence-corrected chi connectivity index (χ0v) is 13.0. The van der Waals surface area contributed by atoms with Gasteiger partial charge in [0.1, 0.15) is 5.76 Å².